The number of pyridine rings is 1. The largest absolute Gasteiger partial charge is 0.491 e. The fourth-order valence-corrected chi connectivity index (χ4v) is 5.47. The van der Waals surface area contributed by atoms with Gasteiger partial charge in [0.05, 0.1) is 30.3 Å². The molecule has 38 heavy (non-hydrogen) atoms. The number of imidazole rings is 1. The summed E-state index contributed by atoms with van der Waals surface area (Å²) in [5.74, 6) is 2.24. The van der Waals surface area contributed by atoms with Crippen LogP contribution < -0.4 is 9.47 Å². The van der Waals surface area contributed by atoms with Crippen LogP contribution in [0.1, 0.15) is 48.3 Å². The van der Waals surface area contributed by atoms with Gasteiger partial charge in [0, 0.05) is 33.9 Å². The molecule has 0 atom stereocenters. The first kappa shape index (κ1) is 26.4. The van der Waals surface area contributed by atoms with Gasteiger partial charge in [-0.2, -0.15) is 5.26 Å². The van der Waals surface area contributed by atoms with Crippen LogP contribution in [0, 0.1) is 20.7 Å². The average molecular weight is 625 g/mol. The average Bonchev–Trinajstić information content (AvgIpc) is 3.23. The number of fused-ring (bicyclic) bond motifs is 1. The van der Waals surface area contributed by atoms with E-state index in [1.165, 1.54) is 6.07 Å². The summed E-state index contributed by atoms with van der Waals surface area (Å²) in [5.41, 5.74) is 3.70. The highest BCUT2D eigenvalue weighted by Crippen LogP contribution is 2.31. The minimum atomic E-state index is -0.447. The quantitative estimate of drug-likeness (QED) is 0.226. The minimum Gasteiger partial charge on any atom is -0.491 e. The van der Waals surface area contributed by atoms with Crippen molar-refractivity contribution >= 4 is 33.6 Å². The van der Waals surface area contributed by atoms with Crippen LogP contribution >= 0.6 is 22.6 Å². The van der Waals surface area contributed by atoms with Crippen molar-refractivity contribution < 1.29 is 13.9 Å². The van der Waals surface area contributed by atoms with Gasteiger partial charge in [-0.05, 0) is 85.8 Å². The van der Waals surface area contributed by atoms with Crippen molar-refractivity contribution in [3.8, 4) is 17.7 Å². The molecule has 0 radical (unpaired) electrons. The fraction of sp³-hybridized carbons (Fsp3) is 0.345. The number of ether oxygens (including phenoxy) is 2. The molecule has 0 N–H and O–H groups in total. The molecule has 0 aliphatic carbocycles. The van der Waals surface area contributed by atoms with Gasteiger partial charge in [0.25, 0.3) is 0 Å². The van der Waals surface area contributed by atoms with Gasteiger partial charge < -0.3 is 14.0 Å². The Balaban J connectivity index is 1.21. The van der Waals surface area contributed by atoms with Crippen molar-refractivity contribution in [1.82, 2.24) is 19.4 Å². The lowest BCUT2D eigenvalue weighted by Crippen LogP contribution is -2.33. The molecule has 9 heteroatoms. The van der Waals surface area contributed by atoms with E-state index in [9.17, 15) is 4.39 Å². The van der Waals surface area contributed by atoms with Crippen molar-refractivity contribution in [1.29, 1.82) is 5.26 Å². The summed E-state index contributed by atoms with van der Waals surface area (Å²) in [7, 11) is 2.07. The fourth-order valence-electron chi connectivity index (χ4n) is 4.89. The van der Waals surface area contributed by atoms with E-state index in [1.807, 2.05) is 31.2 Å². The maximum Gasteiger partial charge on any atom is 0.213 e. The second kappa shape index (κ2) is 11.7. The summed E-state index contributed by atoms with van der Waals surface area (Å²) in [4.78, 5) is 12.1. The number of aromatic nitrogens is 3. The van der Waals surface area contributed by atoms with Gasteiger partial charge in [0.15, 0.2) is 0 Å². The molecule has 3 heterocycles. The summed E-state index contributed by atoms with van der Waals surface area (Å²) in [6, 6.07) is 16.3. The second-order valence-corrected chi connectivity index (χ2v) is 10.7. The Labute approximate surface area is 235 Å². The number of aryl methyl sites for hydroxylation is 1. The number of benzene rings is 2. The lowest BCUT2D eigenvalue weighted by atomic mass is 9.93. The van der Waals surface area contributed by atoms with Gasteiger partial charge in [0.1, 0.15) is 29.5 Å². The molecule has 1 saturated heterocycles. The Hall–Kier alpha value is -3.23. The Bertz CT molecular complexity index is 1490. The number of nitriles is 1. The normalized spacial score (nSPS) is 14.5. The van der Waals surface area contributed by atoms with E-state index in [4.69, 9.17) is 24.7 Å². The van der Waals surface area contributed by atoms with Crippen molar-refractivity contribution in [2.24, 2.45) is 7.05 Å². The summed E-state index contributed by atoms with van der Waals surface area (Å²) in [6.45, 7) is 5.36. The number of hydrogen-bond acceptors (Lipinski definition) is 6. The van der Waals surface area contributed by atoms with Gasteiger partial charge in [-0.3, -0.25) is 4.90 Å². The van der Waals surface area contributed by atoms with Crippen molar-refractivity contribution in [3.05, 3.63) is 80.6 Å². The zero-order chi connectivity index (χ0) is 26.6. The molecular formula is C29H29FIN5O2. The maximum absolute atomic E-state index is 14.2. The highest BCUT2D eigenvalue weighted by molar-refractivity contribution is 14.1. The molecule has 0 bridgehead atoms. The molecule has 7 nitrogen and oxygen atoms in total. The number of piperidine rings is 1. The van der Waals surface area contributed by atoms with Gasteiger partial charge in [0.2, 0.25) is 5.88 Å². The Morgan fingerprint density at radius 3 is 2.66 bits per heavy atom. The molecule has 1 fully saturated rings. The smallest absolute Gasteiger partial charge is 0.213 e. The number of hydrogen-bond donors (Lipinski definition) is 0. The van der Waals surface area contributed by atoms with Crippen LogP contribution in [0.25, 0.3) is 11.0 Å². The first-order valence-corrected chi connectivity index (χ1v) is 13.8. The molecule has 1 aliphatic rings. The third kappa shape index (κ3) is 5.76. The van der Waals surface area contributed by atoms with Crippen LogP contribution in [0.4, 0.5) is 4.39 Å². The molecule has 0 amide bonds. The van der Waals surface area contributed by atoms with E-state index in [2.05, 4.69) is 45.2 Å². The van der Waals surface area contributed by atoms with Gasteiger partial charge in [-0.1, -0.05) is 12.1 Å². The Morgan fingerprint density at radius 2 is 1.92 bits per heavy atom. The summed E-state index contributed by atoms with van der Waals surface area (Å²) >= 11 is 2.32. The van der Waals surface area contributed by atoms with Crippen LogP contribution in [0.3, 0.4) is 0 Å². The van der Waals surface area contributed by atoms with Crippen molar-refractivity contribution in [2.75, 3.05) is 19.7 Å². The summed E-state index contributed by atoms with van der Waals surface area (Å²) in [5, 5.41) is 8.91. The third-order valence-corrected chi connectivity index (χ3v) is 7.61. The highest BCUT2D eigenvalue weighted by atomic mass is 127. The van der Waals surface area contributed by atoms with E-state index in [1.54, 1.807) is 18.2 Å². The minimum absolute atomic E-state index is 0.0640. The zero-order valence-corrected chi connectivity index (χ0v) is 23.6. The predicted molar refractivity (Wildman–Crippen MR) is 152 cm³/mol. The van der Waals surface area contributed by atoms with E-state index >= 15 is 0 Å². The molecule has 0 unspecified atom stereocenters. The number of likely N-dealkylation sites (tertiary alicyclic amines) is 1. The van der Waals surface area contributed by atoms with Crippen molar-refractivity contribution in [3.63, 3.8) is 0 Å². The topological polar surface area (TPSA) is 76.2 Å². The predicted octanol–water partition coefficient (Wildman–Crippen LogP) is 5.94. The van der Waals surface area contributed by atoms with Crippen LogP contribution in [-0.2, 0) is 20.2 Å². The molecule has 2 aromatic carbocycles. The Kier molecular flexibility index (Phi) is 8.09. The standard InChI is InChI=1S/C29H29FIN5O2/c1-3-37-26-15-22(31)14-25-29(26)34-27(35(25)2)17-36-11-9-20(10-12-36)24-5-4-6-28(33-24)38-18-21-8-7-19(16-32)13-23(21)30/h4-8,13-15,20H,3,9-12,17-18H2,1-2H3. The van der Waals surface area contributed by atoms with E-state index in [0.29, 0.717) is 29.5 Å². The highest BCUT2D eigenvalue weighted by Gasteiger charge is 2.24. The summed E-state index contributed by atoms with van der Waals surface area (Å²) in [6.07, 6.45) is 1.99. The second-order valence-electron chi connectivity index (χ2n) is 9.45. The lowest BCUT2D eigenvalue weighted by Gasteiger charge is -2.31. The summed E-state index contributed by atoms with van der Waals surface area (Å²) < 4.78 is 29.1. The van der Waals surface area contributed by atoms with E-state index in [0.717, 1.165) is 64.3 Å². The molecule has 1 aliphatic heterocycles. The molecule has 0 spiro atoms. The molecule has 4 aromatic rings. The van der Waals surface area contributed by atoms with Gasteiger partial charge in [-0.15, -0.1) is 0 Å². The van der Waals surface area contributed by atoms with Crippen LogP contribution in [-0.4, -0.2) is 39.1 Å². The molecule has 2 aromatic heterocycles. The SMILES string of the molecule is CCOc1cc(I)cc2c1nc(CN1CCC(c3cccc(OCc4ccc(C#N)cc4F)n3)CC1)n2C. The maximum atomic E-state index is 14.2. The lowest BCUT2D eigenvalue weighted by molar-refractivity contribution is 0.197. The number of rotatable bonds is 8. The Morgan fingerprint density at radius 1 is 1.11 bits per heavy atom. The van der Waals surface area contributed by atoms with Crippen molar-refractivity contribution in [2.45, 2.75) is 38.8 Å². The van der Waals surface area contributed by atoms with Crippen LogP contribution in [0.15, 0.2) is 48.5 Å². The molecule has 0 saturated carbocycles. The van der Waals surface area contributed by atoms with Gasteiger partial charge >= 0.3 is 0 Å². The van der Waals surface area contributed by atoms with E-state index in [-0.39, 0.29) is 6.61 Å². The van der Waals surface area contributed by atoms with Gasteiger partial charge in [-0.25, -0.2) is 14.4 Å². The molecule has 5 rings (SSSR count). The first-order valence-electron chi connectivity index (χ1n) is 12.7. The molecule has 196 valence electrons. The molecular weight excluding hydrogens is 596 g/mol. The zero-order valence-electron chi connectivity index (χ0n) is 21.5. The van der Waals surface area contributed by atoms with Crippen LogP contribution in [0.2, 0.25) is 0 Å². The number of halogens is 2. The first-order chi connectivity index (χ1) is 18.4. The number of nitrogens with zero attached hydrogens (tertiary/aromatic N) is 5. The van der Waals surface area contributed by atoms with E-state index < -0.39 is 5.82 Å². The monoisotopic (exact) mass is 625 g/mol. The van der Waals surface area contributed by atoms with Crippen LogP contribution in [0.5, 0.6) is 11.6 Å². The third-order valence-electron chi connectivity index (χ3n) is 6.98.